The molecule has 1 aromatic heterocycles. The molecule has 6 heteroatoms. The molecule has 2 fully saturated rings. The van der Waals surface area contributed by atoms with E-state index >= 15 is 0 Å². The topological polar surface area (TPSA) is 59.4 Å². The summed E-state index contributed by atoms with van der Waals surface area (Å²) in [6.45, 7) is 6.26. The van der Waals surface area contributed by atoms with Crippen LogP contribution in [0.1, 0.15) is 25.0 Å². The SMILES string of the molecule is CCNC(=O)C1CN(C[C@@H]2CCO[C@H]2c2cnn(C)c2)C1. The van der Waals surface area contributed by atoms with Gasteiger partial charge in [0.15, 0.2) is 0 Å². The van der Waals surface area contributed by atoms with Gasteiger partial charge in [-0.05, 0) is 13.3 Å². The van der Waals surface area contributed by atoms with Crippen LogP contribution in [0, 0.1) is 11.8 Å². The van der Waals surface area contributed by atoms with E-state index in [1.54, 1.807) is 0 Å². The molecule has 0 aliphatic carbocycles. The molecule has 3 heterocycles. The summed E-state index contributed by atoms with van der Waals surface area (Å²) < 4.78 is 7.71. The summed E-state index contributed by atoms with van der Waals surface area (Å²) >= 11 is 0. The molecule has 2 atom stereocenters. The van der Waals surface area contributed by atoms with Crippen molar-refractivity contribution in [2.24, 2.45) is 18.9 Å². The number of amides is 1. The summed E-state index contributed by atoms with van der Waals surface area (Å²) in [5, 5.41) is 7.13. The highest BCUT2D eigenvalue weighted by atomic mass is 16.5. The fourth-order valence-electron chi connectivity index (χ4n) is 3.31. The van der Waals surface area contributed by atoms with E-state index in [0.717, 1.165) is 39.2 Å². The molecule has 1 amide bonds. The zero-order chi connectivity index (χ0) is 14.8. The number of aryl methyl sites for hydroxylation is 1. The van der Waals surface area contributed by atoms with Gasteiger partial charge in [0.05, 0.1) is 18.2 Å². The molecule has 0 radical (unpaired) electrons. The summed E-state index contributed by atoms with van der Waals surface area (Å²) in [7, 11) is 1.93. The zero-order valence-corrected chi connectivity index (χ0v) is 12.8. The molecule has 6 nitrogen and oxygen atoms in total. The first-order valence-electron chi connectivity index (χ1n) is 7.77. The van der Waals surface area contributed by atoms with Crippen molar-refractivity contribution >= 4 is 5.91 Å². The molecule has 2 aliphatic heterocycles. The highest BCUT2D eigenvalue weighted by Gasteiger charge is 2.37. The number of hydrogen-bond donors (Lipinski definition) is 1. The minimum atomic E-state index is 0.155. The van der Waals surface area contributed by atoms with Gasteiger partial charge in [0.2, 0.25) is 5.91 Å². The molecule has 0 saturated carbocycles. The third-order valence-corrected chi connectivity index (χ3v) is 4.44. The Morgan fingerprint density at radius 1 is 1.52 bits per heavy atom. The number of nitrogens with one attached hydrogen (secondary N) is 1. The van der Waals surface area contributed by atoms with Crippen LogP contribution in [0.3, 0.4) is 0 Å². The third-order valence-electron chi connectivity index (χ3n) is 4.44. The van der Waals surface area contributed by atoms with Gasteiger partial charge in [0.1, 0.15) is 0 Å². The van der Waals surface area contributed by atoms with Crippen LogP contribution < -0.4 is 5.32 Å². The van der Waals surface area contributed by atoms with E-state index in [2.05, 4.69) is 15.3 Å². The number of nitrogens with zero attached hydrogens (tertiary/aromatic N) is 3. The average Bonchev–Trinajstić information content (AvgIpc) is 3.01. The lowest BCUT2D eigenvalue weighted by atomic mass is 9.92. The number of carbonyl (C=O) groups excluding carboxylic acids is 1. The fourth-order valence-corrected chi connectivity index (χ4v) is 3.31. The molecule has 0 bridgehead atoms. The van der Waals surface area contributed by atoms with Crippen LogP contribution in [0.15, 0.2) is 12.4 Å². The normalized spacial score (nSPS) is 26.8. The van der Waals surface area contributed by atoms with Crippen molar-refractivity contribution < 1.29 is 9.53 Å². The Labute approximate surface area is 125 Å². The number of ether oxygens (including phenoxy) is 1. The molecular weight excluding hydrogens is 268 g/mol. The fraction of sp³-hybridized carbons (Fsp3) is 0.733. The Morgan fingerprint density at radius 2 is 2.33 bits per heavy atom. The maximum atomic E-state index is 11.7. The Morgan fingerprint density at radius 3 is 3.00 bits per heavy atom. The minimum absolute atomic E-state index is 0.155. The maximum absolute atomic E-state index is 11.7. The van der Waals surface area contributed by atoms with Crippen molar-refractivity contribution in [3.63, 3.8) is 0 Å². The van der Waals surface area contributed by atoms with Gasteiger partial charge in [-0.25, -0.2) is 0 Å². The van der Waals surface area contributed by atoms with Crippen LogP contribution in [-0.2, 0) is 16.6 Å². The van der Waals surface area contributed by atoms with E-state index in [9.17, 15) is 4.79 Å². The number of aromatic nitrogens is 2. The van der Waals surface area contributed by atoms with E-state index in [-0.39, 0.29) is 17.9 Å². The molecule has 2 aliphatic rings. The van der Waals surface area contributed by atoms with Crippen LogP contribution in [-0.4, -0.2) is 53.4 Å². The predicted molar refractivity (Wildman–Crippen MR) is 78.6 cm³/mol. The lowest BCUT2D eigenvalue weighted by Gasteiger charge is -2.40. The molecule has 1 aromatic rings. The van der Waals surface area contributed by atoms with Gasteiger partial charge in [-0.15, -0.1) is 0 Å². The van der Waals surface area contributed by atoms with E-state index in [0.29, 0.717) is 5.92 Å². The Hall–Kier alpha value is -1.40. The Kier molecular flexibility index (Phi) is 4.26. The number of rotatable bonds is 5. The van der Waals surface area contributed by atoms with E-state index in [1.807, 2.05) is 31.0 Å². The summed E-state index contributed by atoms with van der Waals surface area (Å²) in [5.74, 6) is 0.869. The molecule has 0 spiro atoms. The molecule has 0 unspecified atom stereocenters. The molecular formula is C15H24N4O2. The second kappa shape index (κ2) is 6.15. The maximum Gasteiger partial charge on any atom is 0.225 e. The second-order valence-corrected chi connectivity index (χ2v) is 6.10. The van der Waals surface area contributed by atoms with Crippen LogP contribution in [0.2, 0.25) is 0 Å². The standard InChI is InChI=1S/C15H24N4O2/c1-3-16-15(20)13-9-19(10-13)8-11-4-5-21-14(11)12-6-17-18(2)7-12/h6-7,11,13-14H,3-5,8-10H2,1-2H3,(H,16,20)/t11-,14+/m0/s1. The van der Waals surface area contributed by atoms with E-state index in [4.69, 9.17) is 4.74 Å². The Bertz CT molecular complexity index is 496. The molecule has 0 aromatic carbocycles. The largest absolute Gasteiger partial charge is 0.373 e. The lowest BCUT2D eigenvalue weighted by molar-refractivity contribution is -0.130. The van der Waals surface area contributed by atoms with Gasteiger partial charge >= 0.3 is 0 Å². The quantitative estimate of drug-likeness (QED) is 0.862. The molecule has 1 N–H and O–H groups in total. The summed E-state index contributed by atoms with van der Waals surface area (Å²) in [6, 6.07) is 0. The Balaban J connectivity index is 1.51. The highest BCUT2D eigenvalue weighted by molar-refractivity contribution is 5.79. The van der Waals surface area contributed by atoms with Crippen molar-refractivity contribution in [1.82, 2.24) is 20.0 Å². The van der Waals surface area contributed by atoms with Crippen molar-refractivity contribution in [2.75, 3.05) is 32.8 Å². The number of likely N-dealkylation sites (tertiary alicyclic amines) is 1. The number of carbonyl (C=O) groups is 1. The number of hydrogen-bond acceptors (Lipinski definition) is 4. The molecule has 116 valence electrons. The zero-order valence-electron chi connectivity index (χ0n) is 12.8. The van der Waals surface area contributed by atoms with Crippen LogP contribution in [0.4, 0.5) is 0 Å². The minimum Gasteiger partial charge on any atom is -0.373 e. The van der Waals surface area contributed by atoms with Gasteiger partial charge in [-0.2, -0.15) is 5.10 Å². The first kappa shape index (κ1) is 14.5. The first-order chi connectivity index (χ1) is 10.2. The van der Waals surface area contributed by atoms with Crippen LogP contribution >= 0.6 is 0 Å². The third kappa shape index (κ3) is 3.11. The van der Waals surface area contributed by atoms with Crippen molar-refractivity contribution in [3.8, 4) is 0 Å². The van der Waals surface area contributed by atoms with Gasteiger partial charge in [-0.1, -0.05) is 0 Å². The lowest BCUT2D eigenvalue weighted by Crippen LogP contribution is -2.54. The van der Waals surface area contributed by atoms with Crippen molar-refractivity contribution in [1.29, 1.82) is 0 Å². The summed E-state index contributed by atoms with van der Waals surface area (Å²) in [4.78, 5) is 14.1. The summed E-state index contributed by atoms with van der Waals surface area (Å²) in [5.41, 5.74) is 1.17. The smallest absolute Gasteiger partial charge is 0.225 e. The molecule has 3 rings (SSSR count). The first-order valence-corrected chi connectivity index (χ1v) is 7.77. The highest BCUT2D eigenvalue weighted by Crippen LogP contribution is 2.35. The van der Waals surface area contributed by atoms with Crippen LogP contribution in [0.5, 0.6) is 0 Å². The van der Waals surface area contributed by atoms with Gasteiger partial charge in [-0.3, -0.25) is 9.48 Å². The van der Waals surface area contributed by atoms with Crippen LogP contribution in [0.25, 0.3) is 0 Å². The molecule has 21 heavy (non-hydrogen) atoms. The van der Waals surface area contributed by atoms with Gasteiger partial charge in [0.25, 0.3) is 0 Å². The molecule has 2 saturated heterocycles. The van der Waals surface area contributed by atoms with Gasteiger partial charge < -0.3 is 15.0 Å². The van der Waals surface area contributed by atoms with Crippen molar-refractivity contribution in [2.45, 2.75) is 19.4 Å². The van der Waals surface area contributed by atoms with E-state index < -0.39 is 0 Å². The summed E-state index contributed by atoms with van der Waals surface area (Å²) in [6.07, 6.45) is 5.18. The van der Waals surface area contributed by atoms with Crippen molar-refractivity contribution in [3.05, 3.63) is 18.0 Å². The average molecular weight is 292 g/mol. The second-order valence-electron chi connectivity index (χ2n) is 6.10. The monoisotopic (exact) mass is 292 g/mol. The predicted octanol–water partition coefficient (Wildman–Crippen LogP) is 0.566. The van der Waals surface area contributed by atoms with Gasteiger partial charge in [0, 0.05) is 57.5 Å². The van der Waals surface area contributed by atoms with E-state index in [1.165, 1.54) is 5.56 Å².